The van der Waals surface area contributed by atoms with E-state index in [1.807, 2.05) is 31.3 Å². The molecule has 0 bridgehead atoms. The predicted octanol–water partition coefficient (Wildman–Crippen LogP) is 1.82. The quantitative estimate of drug-likeness (QED) is 0.761. The number of anilines is 1. The van der Waals surface area contributed by atoms with Gasteiger partial charge in [-0.3, -0.25) is 0 Å². The normalized spacial score (nSPS) is 27.5. The van der Waals surface area contributed by atoms with Gasteiger partial charge in [0.05, 0.1) is 5.60 Å². The van der Waals surface area contributed by atoms with Gasteiger partial charge in [0.1, 0.15) is 5.82 Å². The number of aromatic nitrogens is 1. The van der Waals surface area contributed by atoms with Crippen LogP contribution in [0.5, 0.6) is 0 Å². The molecule has 1 fully saturated rings. The van der Waals surface area contributed by atoms with Gasteiger partial charge in [0.15, 0.2) is 0 Å². The standard InChI is InChI=1S/C12H18N2O/c1-12(15)6-4-9-14(10-7-12)11-5-2-3-8-13-11/h2-3,5,8,15H,4,6-7,9-10H2,1H3. The van der Waals surface area contributed by atoms with E-state index in [2.05, 4.69) is 9.88 Å². The Morgan fingerprint density at radius 1 is 1.33 bits per heavy atom. The van der Waals surface area contributed by atoms with E-state index in [9.17, 15) is 5.11 Å². The van der Waals surface area contributed by atoms with Crippen LogP contribution in [0.3, 0.4) is 0 Å². The number of hydrogen-bond acceptors (Lipinski definition) is 3. The summed E-state index contributed by atoms with van der Waals surface area (Å²) in [5, 5.41) is 9.97. The van der Waals surface area contributed by atoms with Crippen molar-refractivity contribution in [1.82, 2.24) is 4.98 Å². The molecule has 1 aliphatic rings. The third-order valence-corrected chi connectivity index (χ3v) is 3.04. The summed E-state index contributed by atoms with van der Waals surface area (Å²) in [6, 6.07) is 5.96. The van der Waals surface area contributed by atoms with E-state index in [1.165, 1.54) is 0 Å². The van der Waals surface area contributed by atoms with Crippen molar-refractivity contribution in [1.29, 1.82) is 0 Å². The first kappa shape index (κ1) is 10.4. The molecule has 1 atom stereocenters. The van der Waals surface area contributed by atoms with E-state index >= 15 is 0 Å². The Balaban J connectivity index is 2.06. The molecule has 2 rings (SSSR count). The molecule has 3 nitrogen and oxygen atoms in total. The highest BCUT2D eigenvalue weighted by Crippen LogP contribution is 2.23. The van der Waals surface area contributed by atoms with Crippen molar-refractivity contribution in [2.75, 3.05) is 18.0 Å². The zero-order valence-corrected chi connectivity index (χ0v) is 9.19. The summed E-state index contributed by atoms with van der Waals surface area (Å²) in [5.74, 6) is 1.02. The van der Waals surface area contributed by atoms with Gasteiger partial charge in [0, 0.05) is 19.3 Å². The van der Waals surface area contributed by atoms with E-state index in [1.54, 1.807) is 0 Å². The van der Waals surface area contributed by atoms with Crippen LogP contribution in [0.1, 0.15) is 26.2 Å². The average Bonchev–Trinajstić information content (AvgIpc) is 2.41. The molecule has 1 N–H and O–H groups in total. The first-order valence-corrected chi connectivity index (χ1v) is 5.56. The number of hydrogen-bond donors (Lipinski definition) is 1. The minimum absolute atomic E-state index is 0.496. The van der Waals surface area contributed by atoms with Crippen molar-refractivity contribution in [3.8, 4) is 0 Å². The maximum atomic E-state index is 9.97. The molecule has 1 aliphatic heterocycles. The summed E-state index contributed by atoms with van der Waals surface area (Å²) < 4.78 is 0. The summed E-state index contributed by atoms with van der Waals surface area (Å²) in [4.78, 5) is 6.59. The molecule has 0 saturated carbocycles. The fourth-order valence-corrected chi connectivity index (χ4v) is 2.03. The zero-order chi connectivity index (χ0) is 10.7. The molecule has 0 aliphatic carbocycles. The lowest BCUT2D eigenvalue weighted by Crippen LogP contribution is -2.28. The van der Waals surface area contributed by atoms with Crippen LogP contribution < -0.4 is 4.90 Å². The summed E-state index contributed by atoms with van der Waals surface area (Å²) in [6.45, 7) is 3.81. The van der Waals surface area contributed by atoms with Gasteiger partial charge in [-0.15, -0.1) is 0 Å². The Bertz CT molecular complexity index is 311. The van der Waals surface area contributed by atoms with Crippen molar-refractivity contribution < 1.29 is 5.11 Å². The molecule has 15 heavy (non-hydrogen) atoms. The van der Waals surface area contributed by atoms with E-state index < -0.39 is 5.60 Å². The molecule has 1 aromatic heterocycles. The third kappa shape index (κ3) is 2.69. The Labute approximate surface area is 90.8 Å². The van der Waals surface area contributed by atoms with E-state index in [-0.39, 0.29) is 0 Å². The van der Waals surface area contributed by atoms with Crippen LogP contribution >= 0.6 is 0 Å². The smallest absolute Gasteiger partial charge is 0.128 e. The molecule has 1 aromatic rings. The molecule has 82 valence electrons. The van der Waals surface area contributed by atoms with E-state index in [0.29, 0.717) is 0 Å². The highest BCUT2D eigenvalue weighted by molar-refractivity contribution is 5.37. The molecule has 0 radical (unpaired) electrons. The van der Waals surface area contributed by atoms with Gasteiger partial charge in [-0.2, -0.15) is 0 Å². The Morgan fingerprint density at radius 3 is 2.93 bits per heavy atom. The third-order valence-electron chi connectivity index (χ3n) is 3.04. The van der Waals surface area contributed by atoms with Crippen molar-refractivity contribution in [3.63, 3.8) is 0 Å². The van der Waals surface area contributed by atoms with Gasteiger partial charge >= 0.3 is 0 Å². The Morgan fingerprint density at radius 2 is 2.20 bits per heavy atom. The second-order valence-electron chi connectivity index (χ2n) is 4.53. The fraction of sp³-hybridized carbons (Fsp3) is 0.583. The van der Waals surface area contributed by atoms with Crippen molar-refractivity contribution >= 4 is 5.82 Å². The first-order valence-electron chi connectivity index (χ1n) is 5.56. The van der Waals surface area contributed by atoms with Crippen LogP contribution in [0.2, 0.25) is 0 Å². The number of nitrogens with zero attached hydrogens (tertiary/aromatic N) is 2. The van der Waals surface area contributed by atoms with Gasteiger partial charge in [-0.05, 0) is 38.3 Å². The van der Waals surface area contributed by atoms with E-state index in [4.69, 9.17) is 0 Å². The highest BCUT2D eigenvalue weighted by atomic mass is 16.3. The monoisotopic (exact) mass is 206 g/mol. The zero-order valence-electron chi connectivity index (χ0n) is 9.19. The van der Waals surface area contributed by atoms with Crippen LogP contribution in [0.25, 0.3) is 0 Å². The lowest BCUT2D eigenvalue weighted by molar-refractivity contribution is 0.0481. The number of aliphatic hydroxyl groups is 1. The first-order chi connectivity index (χ1) is 7.17. The van der Waals surface area contributed by atoms with Crippen molar-refractivity contribution in [2.24, 2.45) is 0 Å². The summed E-state index contributed by atoms with van der Waals surface area (Å²) in [6.07, 6.45) is 4.56. The lowest BCUT2D eigenvalue weighted by Gasteiger charge is -2.23. The van der Waals surface area contributed by atoms with Gasteiger partial charge in [-0.25, -0.2) is 4.98 Å². The Hall–Kier alpha value is -1.09. The van der Waals surface area contributed by atoms with Gasteiger partial charge in [0.25, 0.3) is 0 Å². The molecule has 0 spiro atoms. The molecule has 0 aromatic carbocycles. The molecule has 2 heterocycles. The summed E-state index contributed by atoms with van der Waals surface area (Å²) in [7, 11) is 0. The minimum atomic E-state index is -0.496. The maximum Gasteiger partial charge on any atom is 0.128 e. The van der Waals surface area contributed by atoms with E-state index in [0.717, 1.165) is 38.2 Å². The number of rotatable bonds is 1. The number of pyridine rings is 1. The maximum absolute atomic E-state index is 9.97. The highest BCUT2D eigenvalue weighted by Gasteiger charge is 2.25. The second-order valence-corrected chi connectivity index (χ2v) is 4.53. The van der Waals surface area contributed by atoms with Gasteiger partial charge in [-0.1, -0.05) is 6.07 Å². The van der Waals surface area contributed by atoms with Gasteiger partial charge in [0.2, 0.25) is 0 Å². The molecule has 0 amide bonds. The molecular formula is C12H18N2O. The van der Waals surface area contributed by atoms with Crippen molar-refractivity contribution in [3.05, 3.63) is 24.4 Å². The average molecular weight is 206 g/mol. The van der Waals surface area contributed by atoms with Gasteiger partial charge < -0.3 is 10.0 Å². The summed E-state index contributed by atoms with van der Waals surface area (Å²) in [5.41, 5.74) is -0.496. The SMILES string of the molecule is CC1(O)CCCN(c2ccccn2)CC1. The molecular weight excluding hydrogens is 188 g/mol. The lowest BCUT2D eigenvalue weighted by atomic mass is 9.98. The molecule has 1 unspecified atom stereocenters. The second kappa shape index (κ2) is 4.19. The van der Waals surface area contributed by atoms with Crippen LogP contribution in [0.4, 0.5) is 5.82 Å². The predicted molar refractivity (Wildman–Crippen MR) is 60.9 cm³/mol. The van der Waals surface area contributed by atoms with Crippen molar-refractivity contribution in [2.45, 2.75) is 31.8 Å². The van der Waals surface area contributed by atoms with Crippen LogP contribution in [0, 0.1) is 0 Å². The largest absolute Gasteiger partial charge is 0.390 e. The van der Waals surface area contributed by atoms with Crippen LogP contribution in [-0.2, 0) is 0 Å². The fourth-order valence-electron chi connectivity index (χ4n) is 2.03. The topological polar surface area (TPSA) is 36.4 Å². The van der Waals surface area contributed by atoms with Crippen LogP contribution in [0.15, 0.2) is 24.4 Å². The Kier molecular flexibility index (Phi) is 2.91. The van der Waals surface area contributed by atoms with Crippen LogP contribution in [-0.4, -0.2) is 28.8 Å². The summed E-state index contributed by atoms with van der Waals surface area (Å²) >= 11 is 0. The minimum Gasteiger partial charge on any atom is -0.390 e. The molecule has 1 saturated heterocycles. The molecule has 3 heteroatoms.